The van der Waals surface area contributed by atoms with Crippen molar-refractivity contribution in [2.45, 2.75) is 25.3 Å². The van der Waals surface area contributed by atoms with Gasteiger partial charge < -0.3 is 19.4 Å². The second-order valence-corrected chi connectivity index (χ2v) is 7.32. The van der Waals surface area contributed by atoms with Crippen molar-refractivity contribution in [3.63, 3.8) is 0 Å². The predicted octanol–water partition coefficient (Wildman–Crippen LogP) is 4.35. The number of para-hydroxylation sites is 1. The molecule has 1 N–H and O–H groups in total. The van der Waals surface area contributed by atoms with Crippen LogP contribution in [-0.4, -0.2) is 36.0 Å². The Morgan fingerprint density at radius 3 is 2.46 bits per heavy atom. The molecule has 0 saturated heterocycles. The van der Waals surface area contributed by atoms with Crippen LogP contribution in [0.15, 0.2) is 59.6 Å². The third-order valence-electron chi connectivity index (χ3n) is 4.28. The Labute approximate surface area is 170 Å². The molecule has 3 aromatic rings. The van der Waals surface area contributed by atoms with Crippen molar-refractivity contribution in [2.24, 2.45) is 0 Å². The highest BCUT2D eigenvalue weighted by molar-refractivity contribution is 7.99. The number of nitrogens with zero attached hydrogens (tertiary/aromatic N) is 1. The molecular formula is C22H26N2O3S. The van der Waals surface area contributed by atoms with E-state index in [0.717, 1.165) is 18.0 Å². The monoisotopic (exact) mass is 398 g/mol. The Kier molecular flexibility index (Phi) is 7.25. The van der Waals surface area contributed by atoms with Gasteiger partial charge in [-0.15, -0.1) is 11.8 Å². The Balaban J connectivity index is 1.41. The van der Waals surface area contributed by atoms with Crippen molar-refractivity contribution in [1.82, 2.24) is 9.88 Å². The third kappa shape index (κ3) is 5.23. The van der Waals surface area contributed by atoms with Gasteiger partial charge in [0, 0.05) is 40.8 Å². The summed E-state index contributed by atoms with van der Waals surface area (Å²) >= 11 is 1.76. The standard InChI is InChI=1S/C22H26N2O3S/c1-3-24-15-21(19-7-5-6-8-20(19)24)28-14-13-23-22(25)16-27-18-11-9-17(10-12-18)26-4-2/h5-12,15H,3-4,13-14,16H2,1-2H3,(H,23,25). The number of ether oxygens (including phenoxy) is 2. The molecule has 0 spiro atoms. The minimum Gasteiger partial charge on any atom is -0.494 e. The number of nitrogens with one attached hydrogen (secondary N) is 1. The highest BCUT2D eigenvalue weighted by atomic mass is 32.2. The van der Waals surface area contributed by atoms with Crippen LogP contribution in [0.4, 0.5) is 0 Å². The van der Waals surface area contributed by atoms with E-state index in [1.165, 1.54) is 15.8 Å². The maximum Gasteiger partial charge on any atom is 0.257 e. The van der Waals surface area contributed by atoms with Crippen LogP contribution in [0.5, 0.6) is 11.5 Å². The fourth-order valence-corrected chi connectivity index (χ4v) is 3.89. The number of hydrogen-bond donors (Lipinski definition) is 1. The Bertz CT molecular complexity index is 906. The topological polar surface area (TPSA) is 52.5 Å². The molecule has 0 unspecified atom stereocenters. The Morgan fingerprint density at radius 1 is 1.04 bits per heavy atom. The van der Waals surface area contributed by atoms with E-state index < -0.39 is 0 Å². The van der Waals surface area contributed by atoms with Gasteiger partial charge in [0.05, 0.1) is 6.61 Å². The van der Waals surface area contributed by atoms with E-state index in [9.17, 15) is 4.79 Å². The van der Waals surface area contributed by atoms with E-state index in [0.29, 0.717) is 18.9 Å². The van der Waals surface area contributed by atoms with E-state index >= 15 is 0 Å². The van der Waals surface area contributed by atoms with Gasteiger partial charge in [-0.3, -0.25) is 4.79 Å². The summed E-state index contributed by atoms with van der Waals surface area (Å²) in [5.41, 5.74) is 1.25. The van der Waals surface area contributed by atoms with Crippen LogP contribution >= 0.6 is 11.8 Å². The van der Waals surface area contributed by atoms with Gasteiger partial charge in [0.2, 0.25) is 0 Å². The van der Waals surface area contributed by atoms with Crippen LogP contribution < -0.4 is 14.8 Å². The summed E-state index contributed by atoms with van der Waals surface area (Å²) in [7, 11) is 0. The van der Waals surface area contributed by atoms with Crippen LogP contribution in [0.25, 0.3) is 10.9 Å². The van der Waals surface area contributed by atoms with Gasteiger partial charge in [-0.2, -0.15) is 0 Å². The minimum atomic E-state index is -0.120. The molecule has 0 fully saturated rings. The molecule has 0 aliphatic carbocycles. The molecule has 0 bridgehead atoms. The molecule has 0 aliphatic rings. The third-order valence-corrected chi connectivity index (χ3v) is 5.32. The first-order valence-corrected chi connectivity index (χ1v) is 10.5. The van der Waals surface area contributed by atoms with Crippen molar-refractivity contribution in [1.29, 1.82) is 0 Å². The van der Waals surface area contributed by atoms with E-state index in [-0.39, 0.29) is 12.5 Å². The highest BCUT2D eigenvalue weighted by Crippen LogP contribution is 2.29. The molecule has 28 heavy (non-hydrogen) atoms. The number of fused-ring (bicyclic) bond motifs is 1. The number of aromatic nitrogens is 1. The van der Waals surface area contributed by atoms with Gasteiger partial charge >= 0.3 is 0 Å². The van der Waals surface area contributed by atoms with Crippen LogP contribution in [0.2, 0.25) is 0 Å². The SMILES string of the molecule is CCOc1ccc(OCC(=O)NCCSc2cn(CC)c3ccccc23)cc1. The van der Waals surface area contributed by atoms with Crippen molar-refractivity contribution >= 4 is 28.6 Å². The summed E-state index contributed by atoms with van der Waals surface area (Å²) in [6.45, 7) is 6.26. The first kappa shape index (κ1) is 20.1. The smallest absolute Gasteiger partial charge is 0.257 e. The van der Waals surface area contributed by atoms with Crippen molar-refractivity contribution < 1.29 is 14.3 Å². The molecule has 148 valence electrons. The molecule has 1 aromatic heterocycles. The van der Waals surface area contributed by atoms with Gasteiger partial charge in [0.15, 0.2) is 6.61 Å². The van der Waals surface area contributed by atoms with Crippen LogP contribution in [-0.2, 0) is 11.3 Å². The second kappa shape index (κ2) is 10.1. The predicted molar refractivity (Wildman–Crippen MR) is 114 cm³/mol. The lowest BCUT2D eigenvalue weighted by atomic mass is 10.2. The maximum atomic E-state index is 12.0. The number of carbonyl (C=O) groups is 1. The highest BCUT2D eigenvalue weighted by Gasteiger charge is 2.08. The number of benzene rings is 2. The molecular weight excluding hydrogens is 372 g/mol. The quantitative estimate of drug-likeness (QED) is 0.408. The van der Waals surface area contributed by atoms with Gasteiger partial charge in [-0.25, -0.2) is 0 Å². The summed E-state index contributed by atoms with van der Waals surface area (Å²) in [5.74, 6) is 2.14. The maximum absolute atomic E-state index is 12.0. The zero-order valence-electron chi connectivity index (χ0n) is 16.3. The number of rotatable bonds is 10. The van der Waals surface area contributed by atoms with E-state index in [1.807, 2.05) is 19.1 Å². The molecule has 0 aliphatic heterocycles. The van der Waals surface area contributed by atoms with Crippen molar-refractivity contribution in [2.75, 3.05) is 25.5 Å². The lowest BCUT2D eigenvalue weighted by Crippen LogP contribution is -2.30. The van der Waals surface area contributed by atoms with Gasteiger partial charge in [-0.05, 0) is 44.2 Å². The van der Waals surface area contributed by atoms with E-state index in [2.05, 4.69) is 47.3 Å². The number of aryl methyl sites for hydroxylation is 1. The number of amides is 1. The van der Waals surface area contributed by atoms with Gasteiger partial charge in [0.25, 0.3) is 5.91 Å². The normalized spacial score (nSPS) is 10.8. The fraction of sp³-hybridized carbons (Fsp3) is 0.318. The molecule has 1 amide bonds. The molecule has 3 rings (SSSR count). The molecule has 1 heterocycles. The zero-order chi connectivity index (χ0) is 19.8. The summed E-state index contributed by atoms with van der Waals surface area (Å²) in [5, 5.41) is 4.17. The second-order valence-electron chi connectivity index (χ2n) is 6.19. The summed E-state index contributed by atoms with van der Waals surface area (Å²) < 4.78 is 13.2. The number of carbonyl (C=O) groups excluding carboxylic acids is 1. The van der Waals surface area contributed by atoms with Gasteiger partial charge in [0.1, 0.15) is 11.5 Å². The van der Waals surface area contributed by atoms with E-state index in [1.54, 1.807) is 23.9 Å². The molecule has 0 atom stereocenters. The summed E-state index contributed by atoms with van der Waals surface area (Å²) in [4.78, 5) is 13.2. The minimum absolute atomic E-state index is 0.00773. The first-order chi connectivity index (χ1) is 13.7. The molecule has 2 aromatic carbocycles. The Morgan fingerprint density at radius 2 is 1.75 bits per heavy atom. The largest absolute Gasteiger partial charge is 0.494 e. The molecule has 6 heteroatoms. The zero-order valence-corrected chi connectivity index (χ0v) is 17.1. The number of thioether (sulfide) groups is 1. The molecule has 5 nitrogen and oxygen atoms in total. The summed E-state index contributed by atoms with van der Waals surface area (Å²) in [6, 6.07) is 15.7. The van der Waals surface area contributed by atoms with Crippen LogP contribution in [0.3, 0.4) is 0 Å². The van der Waals surface area contributed by atoms with Crippen molar-refractivity contribution in [3.8, 4) is 11.5 Å². The Hall–Kier alpha value is -2.60. The fourth-order valence-electron chi connectivity index (χ4n) is 2.94. The lowest BCUT2D eigenvalue weighted by Gasteiger charge is -2.08. The average Bonchev–Trinajstić information content (AvgIpc) is 3.09. The van der Waals surface area contributed by atoms with Crippen LogP contribution in [0.1, 0.15) is 13.8 Å². The van der Waals surface area contributed by atoms with Gasteiger partial charge in [-0.1, -0.05) is 18.2 Å². The first-order valence-electron chi connectivity index (χ1n) is 9.54. The molecule has 0 saturated carbocycles. The molecule has 0 radical (unpaired) electrons. The average molecular weight is 399 g/mol. The van der Waals surface area contributed by atoms with Crippen molar-refractivity contribution in [3.05, 3.63) is 54.7 Å². The number of hydrogen-bond acceptors (Lipinski definition) is 4. The van der Waals surface area contributed by atoms with Crippen LogP contribution in [0, 0.1) is 0 Å². The van der Waals surface area contributed by atoms with E-state index in [4.69, 9.17) is 9.47 Å². The summed E-state index contributed by atoms with van der Waals surface area (Å²) in [6.07, 6.45) is 2.19. The lowest BCUT2D eigenvalue weighted by molar-refractivity contribution is -0.122.